The molecule has 1 heterocycles. The van der Waals surface area contributed by atoms with Crippen molar-refractivity contribution in [3.05, 3.63) is 29.3 Å². The van der Waals surface area contributed by atoms with E-state index in [0.717, 1.165) is 16.8 Å². The van der Waals surface area contributed by atoms with E-state index in [1.54, 1.807) is 4.90 Å². The lowest BCUT2D eigenvalue weighted by Gasteiger charge is -2.21. The maximum atomic E-state index is 13.1. The Hall–Kier alpha value is -1.12. The van der Waals surface area contributed by atoms with Gasteiger partial charge in [0.1, 0.15) is 0 Å². The Kier molecular flexibility index (Phi) is 2.41. The average molecular weight is 211 g/mol. The van der Waals surface area contributed by atoms with Crippen molar-refractivity contribution in [2.75, 3.05) is 18.0 Å². The van der Waals surface area contributed by atoms with E-state index in [1.807, 2.05) is 32.0 Å². The molecule has 0 atom stereocenters. The normalized spacial score (nSPS) is 19.6. The van der Waals surface area contributed by atoms with Crippen LogP contribution in [0.25, 0.3) is 0 Å². The number of halogens is 2. The molecule has 1 aromatic rings. The molecule has 1 aliphatic heterocycles. The van der Waals surface area contributed by atoms with Crippen LogP contribution in [-0.2, 0) is 0 Å². The first-order valence-corrected chi connectivity index (χ1v) is 5.19. The first kappa shape index (κ1) is 10.4. The van der Waals surface area contributed by atoms with E-state index in [9.17, 15) is 8.78 Å². The largest absolute Gasteiger partial charge is 0.365 e. The minimum atomic E-state index is -2.52. The van der Waals surface area contributed by atoms with Crippen molar-refractivity contribution >= 4 is 5.69 Å². The van der Waals surface area contributed by atoms with Gasteiger partial charge in [-0.2, -0.15) is 0 Å². The number of rotatable bonds is 1. The highest BCUT2D eigenvalue weighted by atomic mass is 19.3. The van der Waals surface area contributed by atoms with E-state index in [2.05, 4.69) is 0 Å². The van der Waals surface area contributed by atoms with Gasteiger partial charge in [-0.3, -0.25) is 0 Å². The van der Waals surface area contributed by atoms with Crippen molar-refractivity contribution in [3.63, 3.8) is 0 Å². The topological polar surface area (TPSA) is 3.24 Å². The quantitative estimate of drug-likeness (QED) is 0.689. The van der Waals surface area contributed by atoms with Gasteiger partial charge in [0.25, 0.3) is 5.92 Å². The Balaban J connectivity index is 2.28. The van der Waals surface area contributed by atoms with Crippen LogP contribution < -0.4 is 4.90 Å². The fourth-order valence-corrected chi connectivity index (χ4v) is 2.02. The zero-order valence-corrected chi connectivity index (χ0v) is 9.06. The molecule has 0 aromatic heterocycles. The molecule has 0 bridgehead atoms. The molecule has 0 spiro atoms. The Morgan fingerprint density at radius 3 is 2.60 bits per heavy atom. The summed E-state index contributed by atoms with van der Waals surface area (Å²) in [6.07, 6.45) is -0.0274. The van der Waals surface area contributed by atoms with E-state index in [4.69, 9.17) is 0 Å². The summed E-state index contributed by atoms with van der Waals surface area (Å²) in [6, 6.07) is 5.85. The van der Waals surface area contributed by atoms with Gasteiger partial charge >= 0.3 is 0 Å². The van der Waals surface area contributed by atoms with Crippen molar-refractivity contribution in [2.24, 2.45) is 0 Å². The predicted octanol–water partition coefficient (Wildman–Crippen LogP) is 3.15. The van der Waals surface area contributed by atoms with Gasteiger partial charge in [0.2, 0.25) is 0 Å². The number of hydrogen-bond donors (Lipinski definition) is 0. The molecule has 0 radical (unpaired) electrons. The monoisotopic (exact) mass is 211 g/mol. The van der Waals surface area contributed by atoms with E-state index in [1.165, 1.54) is 0 Å². The summed E-state index contributed by atoms with van der Waals surface area (Å²) in [4.78, 5) is 1.78. The lowest BCUT2D eigenvalue weighted by atomic mass is 10.1. The number of anilines is 1. The SMILES string of the molecule is Cc1cccc(N2CCC(F)(F)C2)c1C. The Morgan fingerprint density at radius 2 is 2.00 bits per heavy atom. The number of hydrogen-bond acceptors (Lipinski definition) is 1. The molecule has 1 aromatic carbocycles. The second-order valence-corrected chi connectivity index (χ2v) is 4.25. The summed E-state index contributed by atoms with van der Waals surface area (Å²) >= 11 is 0. The average Bonchev–Trinajstić information content (AvgIpc) is 2.51. The van der Waals surface area contributed by atoms with Crippen LogP contribution in [-0.4, -0.2) is 19.0 Å². The summed E-state index contributed by atoms with van der Waals surface area (Å²) in [5, 5.41) is 0. The molecule has 15 heavy (non-hydrogen) atoms. The Morgan fingerprint density at radius 1 is 1.27 bits per heavy atom. The maximum Gasteiger partial charge on any atom is 0.266 e. The lowest BCUT2D eigenvalue weighted by molar-refractivity contribution is 0.0257. The predicted molar refractivity (Wildman–Crippen MR) is 57.7 cm³/mol. The third kappa shape index (κ3) is 1.96. The molecule has 82 valence electrons. The minimum Gasteiger partial charge on any atom is -0.365 e. The van der Waals surface area contributed by atoms with Crippen molar-refractivity contribution in [1.29, 1.82) is 0 Å². The molecule has 1 aliphatic rings. The van der Waals surface area contributed by atoms with Crippen LogP contribution in [0.2, 0.25) is 0 Å². The first-order chi connectivity index (χ1) is 6.99. The van der Waals surface area contributed by atoms with Gasteiger partial charge in [-0.15, -0.1) is 0 Å². The molecule has 3 heteroatoms. The molecule has 0 aliphatic carbocycles. The molecule has 1 fully saturated rings. The van der Waals surface area contributed by atoms with E-state index < -0.39 is 5.92 Å². The first-order valence-electron chi connectivity index (χ1n) is 5.19. The number of alkyl halides is 2. The van der Waals surface area contributed by atoms with Gasteiger partial charge in [-0.05, 0) is 31.0 Å². The fraction of sp³-hybridized carbons (Fsp3) is 0.500. The Bertz CT molecular complexity index is 374. The van der Waals surface area contributed by atoms with Crippen LogP contribution in [0.15, 0.2) is 18.2 Å². The summed E-state index contributed by atoms with van der Waals surface area (Å²) in [7, 11) is 0. The molecule has 0 N–H and O–H groups in total. The van der Waals surface area contributed by atoms with Crippen LogP contribution in [0.4, 0.5) is 14.5 Å². The summed E-state index contributed by atoms with van der Waals surface area (Å²) in [5.41, 5.74) is 3.21. The highest BCUT2D eigenvalue weighted by Crippen LogP contribution is 2.33. The van der Waals surface area contributed by atoms with Crippen LogP contribution in [0.1, 0.15) is 17.5 Å². The van der Waals surface area contributed by atoms with Crippen LogP contribution in [0, 0.1) is 13.8 Å². The number of nitrogens with zero attached hydrogens (tertiary/aromatic N) is 1. The second-order valence-electron chi connectivity index (χ2n) is 4.25. The smallest absolute Gasteiger partial charge is 0.266 e. The van der Waals surface area contributed by atoms with Gasteiger partial charge in [0, 0.05) is 18.7 Å². The van der Waals surface area contributed by atoms with Crippen LogP contribution >= 0.6 is 0 Å². The second kappa shape index (κ2) is 3.47. The lowest BCUT2D eigenvalue weighted by Crippen LogP contribution is -2.25. The highest BCUT2D eigenvalue weighted by Gasteiger charge is 2.38. The molecule has 0 saturated carbocycles. The number of aryl methyl sites for hydroxylation is 1. The molecular formula is C12H15F2N. The van der Waals surface area contributed by atoms with Crippen LogP contribution in [0.3, 0.4) is 0 Å². The van der Waals surface area contributed by atoms with E-state index in [-0.39, 0.29) is 13.0 Å². The molecule has 1 saturated heterocycles. The summed E-state index contributed by atoms with van der Waals surface area (Å²) in [6.45, 7) is 4.31. The van der Waals surface area contributed by atoms with E-state index >= 15 is 0 Å². The standard InChI is InChI=1S/C12H15F2N/c1-9-4-3-5-11(10(9)2)15-7-6-12(13,14)8-15/h3-5H,6-8H2,1-2H3. The molecule has 0 amide bonds. The van der Waals surface area contributed by atoms with Crippen molar-refractivity contribution in [2.45, 2.75) is 26.2 Å². The van der Waals surface area contributed by atoms with Crippen LogP contribution in [0.5, 0.6) is 0 Å². The van der Waals surface area contributed by atoms with Gasteiger partial charge in [0.15, 0.2) is 0 Å². The third-order valence-electron chi connectivity index (χ3n) is 3.09. The minimum absolute atomic E-state index is 0.0274. The van der Waals surface area contributed by atoms with Crippen molar-refractivity contribution in [3.8, 4) is 0 Å². The maximum absolute atomic E-state index is 13.1. The van der Waals surface area contributed by atoms with E-state index in [0.29, 0.717) is 6.54 Å². The Labute approximate surface area is 88.7 Å². The zero-order valence-electron chi connectivity index (χ0n) is 9.06. The molecule has 2 rings (SSSR count). The molecular weight excluding hydrogens is 196 g/mol. The van der Waals surface area contributed by atoms with Gasteiger partial charge in [-0.25, -0.2) is 8.78 Å². The van der Waals surface area contributed by atoms with Gasteiger partial charge in [0.05, 0.1) is 6.54 Å². The highest BCUT2D eigenvalue weighted by molar-refractivity contribution is 5.56. The number of benzene rings is 1. The van der Waals surface area contributed by atoms with Crippen molar-refractivity contribution in [1.82, 2.24) is 0 Å². The van der Waals surface area contributed by atoms with Gasteiger partial charge in [-0.1, -0.05) is 12.1 Å². The molecule has 1 nitrogen and oxygen atoms in total. The summed E-state index contributed by atoms with van der Waals surface area (Å²) in [5.74, 6) is -2.52. The zero-order chi connectivity index (χ0) is 11.1. The fourth-order valence-electron chi connectivity index (χ4n) is 2.02. The third-order valence-corrected chi connectivity index (χ3v) is 3.09. The van der Waals surface area contributed by atoms with Gasteiger partial charge < -0.3 is 4.90 Å². The van der Waals surface area contributed by atoms with Crippen molar-refractivity contribution < 1.29 is 8.78 Å². The summed E-state index contributed by atoms with van der Waals surface area (Å²) < 4.78 is 26.1. The molecule has 0 unspecified atom stereocenters.